The van der Waals surface area contributed by atoms with E-state index >= 15 is 0 Å². The van der Waals surface area contributed by atoms with Crippen molar-refractivity contribution in [3.05, 3.63) is 53.9 Å². The van der Waals surface area contributed by atoms with Gasteiger partial charge in [-0.05, 0) is 24.3 Å². The maximum atomic E-state index is 12.1. The SMILES string of the molecule is Nc1ccc(C(=O)c2cccc(OC(F)(F)F)c2)nc1. The lowest BCUT2D eigenvalue weighted by molar-refractivity contribution is -0.274. The molecule has 2 aromatic rings. The normalized spacial score (nSPS) is 11.2. The summed E-state index contributed by atoms with van der Waals surface area (Å²) in [5.74, 6) is -0.976. The second kappa shape index (κ2) is 5.20. The van der Waals surface area contributed by atoms with E-state index < -0.39 is 17.9 Å². The first-order valence-corrected chi connectivity index (χ1v) is 5.47. The Morgan fingerprint density at radius 2 is 1.95 bits per heavy atom. The molecule has 1 heterocycles. The molecule has 1 aromatic heterocycles. The molecule has 0 aliphatic rings. The summed E-state index contributed by atoms with van der Waals surface area (Å²) in [6.07, 6.45) is -3.51. The number of nitrogens with two attached hydrogens (primary N) is 1. The minimum Gasteiger partial charge on any atom is -0.406 e. The number of alkyl halides is 3. The van der Waals surface area contributed by atoms with Crippen molar-refractivity contribution in [3.8, 4) is 5.75 Å². The third-order valence-electron chi connectivity index (χ3n) is 2.35. The number of ketones is 1. The summed E-state index contributed by atoms with van der Waals surface area (Å²) in [5.41, 5.74) is 5.96. The van der Waals surface area contributed by atoms with E-state index in [9.17, 15) is 18.0 Å². The van der Waals surface area contributed by atoms with Crippen LogP contribution in [-0.2, 0) is 0 Å². The lowest BCUT2D eigenvalue weighted by Gasteiger charge is -2.09. The quantitative estimate of drug-likeness (QED) is 0.879. The van der Waals surface area contributed by atoms with Gasteiger partial charge in [0.05, 0.1) is 11.9 Å². The first kappa shape index (κ1) is 13.9. The van der Waals surface area contributed by atoms with Crippen LogP contribution in [0.1, 0.15) is 16.1 Å². The monoisotopic (exact) mass is 282 g/mol. The van der Waals surface area contributed by atoms with Crippen molar-refractivity contribution in [1.82, 2.24) is 4.98 Å². The van der Waals surface area contributed by atoms with E-state index in [0.717, 1.165) is 12.1 Å². The van der Waals surface area contributed by atoms with Gasteiger partial charge >= 0.3 is 6.36 Å². The van der Waals surface area contributed by atoms with E-state index in [0.29, 0.717) is 5.69 Å². The van der Waals surface area contributed by atoms with Crippen molar-refractivity contribution in [1.29, 1.82) is 0 Å². The van der Waals surface area contributed by atoms with Crippen LogP contribution in [0.5, 0.6) is 5.75 Å². The number of benzene rings is 1. The topological polar surface area (TPSA) is 65.2 Å². The standard InChI is InChI=1S/C13H9F3N2O2/c14-13(15,16)20-10-3-1-2-8(6-10)12(19)11-5-4-9(17)7-18-11/h1-7H,17H2. The molecule has 0 radical (unpaired) electrons. The van der Waals surface area contributed by atoms with E-state index in [4.69, 9.17) is 5.73 Å². The van der Waals surface area contributed by atoms with Gasteiger partial charge in [-0.3, -0.25) is 9.78 Å². The Labute approximate surface area is 112 Å². The van der Waals surface area contributed by atoms with Gasteiger partial charge in [0.1, 0.15) is 11.4 Å². The number of anilines is 1. The van der Waals surface area contributed by atoms with Gasteiger partial charge in [-0.15, -0.1) is 13.2 Å². The van der Waals surface area contributed by atoms with E-state index in [-0.39, 0.29) is 11.3 Å². The van der Waals surface area contributed by atoms with Gasteiger partial charge in [-0.25, -0.2) is 0 Å². The number of rotatable bonds is 3. The number of carbonyl (C=O) groups is 1. The van der Waals surface area contributed by atoms with Gasteiger partial charge in [0.25, 0.3) is 0 Å². The molecule has 20 heavy (non-hydrogen) atoms. The molecule has 0 unspecified atom stereocenters. The largest absolute Gasteiger partial charge is 0.573 e. The molecule has 0 saturated heterocycles. The van der Waals surface area contributed by atoms with Crippen molar-refractivity contribution >= 4 is 11.5 Å². The minimum atomic E-state index is -4.80. The first-order valence-electron chi connectivity index (χ1n) is 5.47. The molecule has 0 bridgehead atoms. The molecule has 0 atom stereocenters. The number of hydrogen-bond acceptors (Lipinski definition) is 4. The van der Waals surface area contributed by atoms with Crippen LogP contribution in [0, 0.1) is 0 Å². The van der Waals surface area contributed by atoms with Crippen molar-refractivity contribution in [2.45, 2.75) is 6.36 Å². The number of pyridine rings is 1. The van der Waals surface area contributed by atoms with Crippen LogP contribution in [0.15, 0.2) is 42.6 Å². The fourth-order valence-corrected chi connectivity index (χ4v) is 1.52. The van der Waals surface area contributed by atoms with E-state index in [1.54, 1.807) is 0 Å². The van der Waals surface area contributed by atoms with Crippen LogP contribution in [0.25, 0.3) is 0 Å². The second-order valence-corrected chi connectivity index (χ2v) is 3.88. The molecule has 2 rings (SSSR count). The Bertz CT molecular complexity index is 624. The molecule has 1 aromatic carbocycles. The Kier molecular flexibility index (Phi) is 3.60. The van der Waals surface area contributed by atoms with Gasteiger partial charge in [-0.1, -0.05) is 12.1 Å². The highest BCUT2D eigenvalue weighted by molar-refractivity contribution is 6.07. The number of ether oxygens (including phenoxy) is 1. The van der Waals surface area contributed by atoms with Gasteiger partial charge in [-0.2, -0.15) is 0 Å². The Hall–Kier alpha value is -2.57. The lowest BCUT2D eigenvalue weighted by atomic mass is 10.1. The molecule has 104 valence electrons. The average molecular weight is 282 g/mol. The zero-order valence-electron chi connectivity index (χ0n) is 10.0. The third kappa shape index (κ3) is 3.47. The Balaban J connectivity index is 2.26. The number of hydrogen-bond donors (Lipinski definition) is 1. The molecular formula is C13H9F3N2O2. The Morgan fingerprint density at radius 1 is 1.20 bits per heavy atom. The van der Waals surface area contributed by atoms with Gasteiger partial charge in [0.2, 0.25) is 5.78 Å². The molecule has 0 aliphatic heterocycles. The predicted molar refractivity (Wildman–Crippen MR) is 65.2 cm³/mol. The molecular weight excluding hydrogens is 273 g/mol. The number of nitrogen functional groups attached to an aromatic ring is 1. The van der Waals surface area contributed by atoms with E-state index in [2.05, 4.69) is 9.72 Å². The molecule has 0 saturated carbocycles. The molecule has 4 nitrogen and oxygen atoms in total. The summed E-state index contributed by atoms with van der Waals surface area (Å²) < 4.78 is 40.1. The zero-order valence-corrected chi connectivity index (χ0v) is 10.0. The maximum Gasteiger partial charge on any atom is 0.573 e. The molecule has 2 N–H and O–H groups in total. The lowest BCUT2D eigenvalue weighted by Crippen LogP contribution is -2.17. The number of halogens is 3. The van der Waals surface area contributed by atoms with E-state index in [1.165, 1.54) is 30.5 Å². The van der Waals surface area contributed by atoms with Gasteiger partial charge in [0.15, 0.2) is 0 Å². The van der Waals surface area contributed by atoms with Crippen LogP contribution in [0.2, 0.25) is 0 Å². The van der Waals surface area contributed by atoms with Crippen LogP contribution in [-0.4, -0.2) is 17.1 Å². The highest BCUT2D eigenvalue weighted by atomic mass is 19.4. The van der Waals surface area contributed by atoms with Crippen LogP contribution >= 0.6 is 0 Å². The van der Waals surface area contributed by atoms with Crippen LogP contribution in [0.3, 0.4) is 0 Å². The number of carbonyl (C=O) groups excluding carboxylic acids is 1. The second-order valence-electron chi connectivity index (χ2n) is 3.88. The van der Waals surface area contributed by atoms with Crippen molar-refractivity contribution in [2.75, 3.05) is 5.73 Å². The summed E-state index contributed by atoms with van der Waals surface area (Å²) >= 11 is 0. The highest BCUT2D eigenvalue weighted by Gasteiger charge is 2.31. The average Bonchev–Trinajstić information content (AvgIpc) is 2.37. The first-order chi connectivity index (χ1) is 9.35. The molecule has 0 fully saturated rings. The maximum absolute atomic E-state index is 12.1. The Morgan fingerprint density at radius 3 is 2.55 bits per heavy atom. The predicted octanol–water partition coefficient (Wildman–Crippen LogP) is 2.79. The van der Waals surface area contributed by atoms with Gasteiger partial charge < -0.3 is 10.5 Å². The summed E-state index contributed by atoms with van der Waals surface area (Å²) in [5, 5.41) is 0. The number of aromatic nitrogens is 1. The third-order valence-corrected chi connectivity index (χ3v) is 2.35. The molecule has 7 heteroatoms. The van der Waals surface area contributed by atoms with Crippen molar-refractivity contribution < 1.29 is 22.7 Å². The smallest absolute Gasteiger partial charge is 0.406 e. The van der Waals surface area contributed by atoms with Crippen LogP contribution in [0.4, 0.5) is 18.9 Å². The summed E-state index contributed by atoms with van der Waals surface area (Å²) in [4.78, 5) is 15.9. The summed E-state index contributed by atoms with van der Waals surface area (Å²) in [7, 11) is 0. The molecule has 0 aliphatic carbocycles. The van der Waals surface area contributed by atoms with Crippen LogP contribution < -0.4 is 10.5 Å². The van der Waals surface area contributed by atoms with Crippen molar-refractivity contribution in [2.24, 2.45) is 0 Å². The number of nitrogens with zero attached hydrogens (tertiary/aromatic N) is 1. The van der Waals surface area contributed by atoms with E-state index in [1.807, 2.05) is 0 Å². The fraction of sp³-hybridized carbons (Fsp3) is 0.0769. The molecule has 0 spiro atoms. The van der Waals surface area contributed by atoms with Crippen molar-refractivity contribution in [3.63, 3.8) is 0 Å². The summed E-state index contributed by atoms with van der Waals surface area (Å²) in [6, 6.07) is 7.68. The summed E-state index contributed by atoms with van der Waals surface area (Å²) in [6.45, 7) is 0. The van der Waals surface area contributed by atoms with Gasteiger partial charge in [0, 0.05) is 5.56 Å². The molecule has 0 amide bonds. The minimum absolute atomic E-state index is 0.0454. The zero-order chi connectivity index (χ0) is 14.8. The highest BCUT2D eigenvalue weighted by Crippen LogP contribution is 2.24. The fourth-order valence-electron chi connectivity index (χ4n) is 1.52.